The molecule has 1 aromatic heterocycles. The first kappa shape index (κ1) is 15.8. The number of carbonyl (C=O) groups is 2. The molecule has 0 saturated heterocycles. The number of ether oxygens (including phenoxy) is 2. The third kappa shape index (κ3) is 3.03. The molecule has 0 spiro atoms. The Morgan fingerprint density at radius 1 is 1.00 bits per heavy atom. The normalized spacial score (nSPS) is 10.3. The van der Waals surface area contributed by atoms with Crippen LogP contribution in [0.3, 0.4) is 0 Å². The molecule has 0 bridgehead atoms. The van der Waals surface area contributed by atoms with Crippen molar-refractivity contribution in [3.63, 3.8) is 0 Å². The standard InChI is InChI=1S/C17H19NO4/c1-4-21-16(19)14-11-15(17(20)22-5-2)18(12(14)3)13-9-7-6-8-10-13/h6-11H,4-5H2,1-3H3. The Labute approximate surface area is 129 Å². The molecule has 0 aliphatic rings. The van der Waals surface area contributed by atoms with Gasteiger partial charge < -0.3 is 14.0 Å². The van der Waals surface area contributed by atoms with Gasteiger partial charge in [0.25, 0.3) is 0 Å². The second kappa shape index (κ2) is 6.93. The van der Waals surface area contributed by atoms with Crippen molar-refractivity contribution in [2.24, 2.45) is 0 Å². The molecule has 0 unspecified atom stereocenters. The van der Waals surface area contributed by atoms with Crippen LogP contribution in [-0.2, 0) is 9.47 Å². The van der Waals surface area contributed by atoms with Crippen LogP contribution in [0.5, 0.6) is 0 Å². The van der Waals surface area contributed by atoms with E-state index in [2.05, 4.69) is 0 Å². The molecule has 5 nitrogen and oxygen atoms in total. The lowest BCUT2D eigenvalue weighted by atomic mass is 10.2. The van der Waals surface area contributed by atoms with Crippen LogP contribution in [0.1, 0.15) is 40.4 Å². The van der Waals surface area contributed by atoms with Crippen LogP contribution in [0.25, 0.3) is 5.69 Å². The van der Waals surface area contributed by atoms with Gasteiger partial charge in [0.2, 0.25) is 0 Å². The maximum Gasteiger partial charge on any atom is 0.355 e. The topological polar surface area (TPSA) is 57.5 Å². The van der Waals surface area contributed by atoms with Crippen LogP contribution in [0.15, 0.2) is 36.4 Å². The van der Waals surface area contributed by atoms with Crippen LogP contribution in [0, 0.1) is 6.92 Å². The van der Waals surface area contributed by atoms with Crippen molar-refractivity contribution < 1.29 is 19.1 Å². The number of benzene rings is 1. The van der Waals surface area contributed by atoms with Gasteiger partial charge in [-0.05, 0) is 39.0 Å². The molecular weight excluding hydrogens is 282 g/mol. The third-order valence-corrected chi connectivity index (χ3v) is 3.24. The molecule has 2 rings (SSSR count). The minimum absolute atomic E-state index is 0.270. The van der Waals surface area contributed by atoms with Gasteiger partial charge in [-0.15, -0.1) is 0 Å². The molecule has 116 valence electrons. The molecule has 0 radical (unpaired) electrons. The zero-order valence-electron chi connectivity index (χ0n) is 13.0. The van der Waals surface area contributed by atoms with Crippen LogP contribution in [-0.4, -0.2) is 29.7 Å². The maximum atomic E-state index is 12.2. The Balaban J connectivity index is 2.58. The van der Waals surface area contributed by atoms with Gasteiger partial charge in [-0.3, -0.25) is 0 Å². The van der Waals surface area contributed by atoms with E-state index in [0.717, 1.165) is 5.69 Å². The molecular formula is C17H19NO4. The number of hydrogen-bond acceptors (Lipinski definition) is 4. The summed E-state index contributed by atoms with van der Waals surface area (Å²) in [5.74, 6) is -0.912. The van der Waals surface area contributed by atoms with E-state index in [0.29, 0.717) is 17.0 Å². The summed E-state index contributed by atoms with van der Waals surface area (Å²) in [6.07, 6.45) is 0. The van der Waals surface area contributed by atoms with Crippen LogP contribution >= 0.6 is 0 Å². The number of rotatable bonds is 5. The van der Waals surface area contributed by atoms with Gasteiger partial charge in [0, 0.05) is 11.4 Å². The fourth-order valence-corrected chi connectivity index (χ4v) is 2.29. The van der Waals surface area contributed by atoms with Crippen LogP contribution < -0.4 is 0 Å². The molecule has 22 heavy (non-hydrogen) atoms. The van der Waals surface area contributed by atoms with E-state index in [9.17, 15) is 9.59 Å². The SMILES string of the molecule is CCOC(=O)c1cc(C(=O)OCC)n(-c2ccccc2)c1C. The van der Waals surface area contributed by atoms with Crippen molar-refractivity contribution in [3.8, 4) is 5.69 Å². The fraction of sp³-hybridized carbons (Fsp3) is 0.294. The van der Waals surface area contributed by atoms with Gasteiger partial charge >= 0.3 is 11.9 Å². The fourth-order valence-electron chi connectivity index (χ4n) is 2.29. The quantitative estimate of drug-likeness (QED) is 0.796. The number of carbonyl (C=O) groups excluding carboxylic acids is 2. The summed E-state index contributed by atoms with van der Waals surface area (Å²) in [6.45, 7) is 5.82. The number of para-hydroxylation sites is 1. The summed E-state index contributed by atoms with van der Waals surface area (Å²) in [5, 5.41) is 0. The van der Waals surface area contributed by atoms with E-state index in [-0.39, 0.29) is 13.2 Å². The van der Waals surface area contributed by atoms with Crippen LogP contribution in [0.2, 0.25) is 0 Å². The first-order chi connectivity index (χ1) is 10.6. The summed E-state index contributed by atoms with van der Waals surface area (Å²) in [7, 11) is 0. The Morgan fingerprint density at radius 3 is 2.18 bits per heavy atom. The van der Waals surface area contributed by atoms with Crippen molar-refractivity contribution in [2.45, 2.75) is 20.8 Å². The largest absolute Gasteiger partial charge is 0.462 e. The van der Waals surface area contributed by atoms with Crippen molar-refractivity contribution >= 4 is 11.9 Å². The molecule has 0 fully saturated rings. The number of hydrogen-bond donors (Lipinski definition) is 0. The number of aromatic nitrogens is 1. The lowest BCUT2D eigenvalue weighted by molar-refractivity contribution is 0.0515. The van der Waals surface area contributed by atoms with Gasteiger partial charge in [0.1, 0.15) is 5.69 Å². The zero-order chi connectivity index (χ0) is 16.1. The molecule has 0 amide bonds. The Hall–Kier alpha value is -2.56. The average Bonchev–Trinajstić information content (AvgIpc) is 2.86. The Kier molecular flexibility index (Phi) is 4.99. The zero-order valence-corrected chi connectivity index (χ0v) is 13.0. The molecule has 0 N–H and O–H groups in total. The highest BCUT2D eigenvalue weighted by atomic mass is 16.5. The van der Waals surface area contributed by atoms with E-state index < -0.39 is 11.9 Å². The first-order valence-electron chi connectivity index (χ1n) is 7.22. The van der Waals surface area contributed by atoms with Crippen LogP contribution in [0.4, 0.5) is 0 Å². The molecule has 0 saturated carbocycles. The molecule has 1 aromatic carbocycles. The highest BCUT2D eigenvalue weighted by Gasteiger charge is 2.23. The van der Waals surface area contributed by atoms with E-state index in [1.54, 1.807) is 25.3 Å². The molecule has 0 aliphatic carbocycles. The van der Waals surface area contributed by atoms with Gasteiger partial charge in [-0.25, -0.2) is 9.59 Å². The van der Waals surface area contributed by atoms with Crippen molar-refractivity contribution in [3.05, 3.63) is 53.3 Å². The molecule has 5 heteroatoms. The summed E-state index contributed by atoms with van der Waals surface area (Å²) in [6, 6.07) is 10.9. The van der Waals surface area contributed by atoms with Gasteiger partial charge in [0.05, 0.1) is 18.8 Å². The van der Waals surface area contributed by atoms with E-state index in [1.807, 2.05) is 30.3 Å². The van der Waals surface area contributed by atoms with Gasteiger partial charge in [-0.1, -0.05) is 18.2 Å². The predicted octanol–water partition coefficient (Wildman–Crippen LogP) is 3.14. The minimum atomic E-state index is -0.468. The highest BCUT2D eigenvalue weighted by Crippen LogP contribution is 2.22. The van der Waals surface area contributed by atoms with E-state index >= 15 is 0 Å². The lowest BCUT2D eigenvalue weighted by Crippen LogP contribution is -2.12. The summed E-state index contributed by atoms with van der Waals surface area (Å²) in [5.41, 5.74) is 2.12. The van der Waals surface area contributed by atoms with Gasteiger partial charge in [-0.2, -0.15) is 0 Å². The Bertz CT molecular complexity index is 673. The average molecular weight is 301 g/mol. The van der Waals surface area contributed by atoms with Crippen molar-refractivity contribution in [1.29, 1.82) is 0 Å². The monoisotopic (exact) mass is 301 g/mol. The first-order valence-corrected chi connectivity index (χ1v) is 7.22. The van der Waals surface area contributed by atoms with E-state index in [1.165, 1.54) is 6.07 Å². The number of nitrogens with zero attached hydrogens (tertiary/aromatic N) is 1. The Morgan fingerprint density at radius 2 is 1.59 bits per heavy atom. The molecule has 1 heterocycles. The van der Waals surface area contributed by atoms with E-state index in [4.69, 9.17) is 9.47 Å². The predicted molar refractivity (Wildman–Crippen MR) is 82.4 cm³/mol. The molecule has 0 atom stereocenters. The maximum absolute atomic E-state index is 12.2. The highest BCUT2D eigenvalue weighted by molar-refractivity contribution is 5.97. The summed E-state index contributed by atoms with van der Waals surface area (Å²) < 4.78 is 11.8. The second-order valence-electron chi connectivity index (χ2n) is 4.64. The lowest BCUT2D eigenvalue weighted by Gasteiger charge is -2.11. The third-order valence-electron chi connectivity index (χ3n) is 3.24. The summed E-state index contributed by atoms with van der Waals surface area (Å²) >= 11 is 0. The number of esters is 2. The molecule has 0 aliphatic heterocycles. The van der Waals surface area contributed by atoms with Crippen molar-refractivity contribution in [1.82, 2.24) is 4.57 Å². The summed E-state index contributed by atoms with van der Waals surface area (Å²) in [4.78, 5) is 24.2. The molecule has 2 aromatic rings. The van der Waals surface area contributed by atoms with Gasteiger partial charge in [0.15, 0.2) is 0 Å². The smallest absolute Gasteiger partial charge is 0.355 e. The second-order valence-corrected chi connectivity index (χ2v) is 4.64. The minimum Gasteiger partial charge on any atom is -0.462 e. The van der Waals surface area contributed by atoms with Crippen molar-refractivity contribution in [2.75, 3.05) is 13.2 Å².